The molecule has 0 unspecified atom stereocenters. The maximum atomic E-state index is 6.53. The summed E-state index contributed by atoms with van der Waals surface area (Å²) in [6.07, 6.45) is 0. The van der Waals surface area contributed by atoms with E-state index in [1.807, 2.05) is 72.0 Å². The zero-order chi connectivity index (χ0) is 89.8. The average Bonchev–Trinajstić information content (AvgIpc) is 1.55. The molecule has 0 fully saturated rings. The Balaban J connectivity index is 0.0000000959. The van der Waals surface area contributed by atoms with Crippen LogP contribution in [-0.4, -0.2) is 43.6 Å². The number of rotatable bonds is 3. The molecule has 3 aliphatic heterocycles. The van der Waals surface area contributed by atoms with E-state index in [1.54, 1.807) is 0 Å². The smallest absolute Gasteiger partial charge is 0.165 e. The van der Waals surface area contributed by atoms with Crippen LogP contribution in [0.15, 0.2) is 427 Å². The molecule has 11 nitrogen and oxygen atoms in total. The average molecular weight is 1770 g/mol. The summed E-state index contributed by atoms with van der Waals surface area (Å²) < 4.78 is 22.6. The summed E-state index contributed by atoms with van der Waals surface area (Å²) in [7, 11) is 0. The van der Waals surface area contributed by atoms with Crippen LogP contribution in [0.25, 0.3) is 313 Å². The first kappa shape index (κ1) is 75.2. The highest BCUT2D eigenvalue weighted by Crippen LogP contribution is 2.53. The van der Waals surface area contributed by atoms with Crippen LogP contribution >= 0.6 is 11.3 Å². The van der Waals surface area contributed by atoms with E-state index in [0.29, 0.717) is 0 Å². The van der Waals surface area contributed by atoms with Crippen molar-refractivity contribution in [1.29, 1.82) is 0 Å². The van der Waals surface area contributed by atoms with Gasteiger partial charge in [0.25, 0.3) is 0 Å². The molecule has 21 aromatic carbocycles. The van der Waals surface area contributed by atoms with Crippen molar-refractivity contribution in [2.24, 2.45) is 0 Å². The summed E-state index contributed by atoms with van der Waals surface area (Å²) in [5.41, 5.74) is 36.0. The summed E-state index contributed by atoms with van der Waals surface area (Å²) in [5.74, 6) is 2.60. The lowest BCUT2D eigenvalue weighted by atomic mass is 9.96. The number of furan rings is 2. The van der Waals surface area contributed by atoms with Crippen LogP contribution in [0.4, 0.5) is 0 Å². The summed E-state index contributed by atoms with van der Waals surface area (Å²) in [6.45, 7) is 0. The molecule has 0 saturated heterocycles. The van der Waals surface area contributed by atoms with Crippen LogP contribution < -0.4 is 0 Å². The monoisotopic (exact) mass is 1770 g/mol. The van der Waals surface area contributed by atoms with E-state index in [4.69, 9.17) is 38.7 Å². The van der Waals surface area contributed by atoms with Crippen LogP contribution in [0.2, 0.25) is 0 Å². The summed E-state index contributed by atoms with van der Waals surface area (Å²) in [4.78, 5) is 31.5. The number of thiophene rings is 1. The quantitative estimate of drug-likeness (QED) is 0.172. The van der Waals surface area contributed by atoms with E-state index in [1.165, 1.54) is 129 Å². The van der Waals surface area contributed by atoms with Gasteiger partial charge in [0, 0.05) is 113 Å². The van der Waals surface area contributed by atoms with Gasteiger partial charge in [0.1, 0.15) is 39.4 Å². The lowest BCUT2D eigenvalue weighted by Gasteiger charge is -2.12. The second kappa shape index (κ2) is 28.6. The zero-order valence-electron chi connectivity index (χ0n) is 73.6. The molecule has 9 aromatic heterocycles. The minimum Gasteiger partial charge on any atom is -0.456 e. The number of fused-ring (bicyclic) bond motifs is 41. The zero-order valence-corrected chi connectivity index (χ0v) is 74.4. The van der Waals surface area contributed by atoms with E-state index in [9.17, 15) is 0 Å². The highest BCUT2D eigenvalue weighted by molar-refractivity contribution is 7.26. The Morgan fingerprint density at radius 2 is 0.522 bits per heavy atom. The Morgan fingerprint density at radius 3 is 1.00 bits per heavy atom. The maximum absolute atomic E-state index is 6.53. The van der Waals surface area contributed by atoms with Gasteiger partial charge >= 0.3 is 0 Å². The molecule has 0 N–H and O–H groups in total. The third-order valence-electron chi connectivity index (χ3n) is 29.1. The van der Waals surface area contributed by atoms with E-state index in [2.05, 4.69) is 372 Å². The second-order valence-electron chi connectivity index (χ2n) is 36.6. The molecule has 0 amide bonds. The predicted molar refractivity (Wildman–Crippen MR) is 571 cm³/mol. The first-order chi connectivity index (χ1) is 68.4. The van der Waals surface area contributed by atoms with Crippen LogP contribution in [0.5, 0.6) is 0 Å². The van der Waals surface area contributed by atoms with Gasteiger partial charge in [-0.05, 0) is 204 Å². The van der Waals surface area contributed by atoms with Crippen molar-refractivity contribution < 1.29 is 8.83 Å². The highest BCUT2D eigenvalue weighted by Gasteiger charge is 2.33. The largest absolute Gasteiger partial charge is 0.456 e. The molecule has 12 heterocycles. The molecule has 636 valence electrons. The fourth-order valence-corrected chi connectivity index (χ4v) is 24.0. The molecule has 12 heteroatoms. The number of nitrogens with zero attached hydrogens (tertiary/aromatic N) is 9. The molecule has 0 atom stereocenters. The van der Waals surface area contributed by atoms with E-state index < -0.39 is 0 Å². The van der Waals surface area contributed by atoms with Gasteiger partial charge in [-0.15, -0.1) is 11.3 Å². The lowest BCUT2D eigenvalue weighted by Crippen LogP contribution is -2.02. The number of hydrogen-bond donors (Lipinski definition) is 0. The van der Waals surface area contributed by atoms with E-state index in [0.717, 1.165) is 183 Å². The number of benzene rings is 21. The van der Waals surface area contributed by atoms with Gasteiger partial charge in [0.2, 0.25) is 0 Å². The molecular weight excluding hydrogens is 1700 g/mol. The van der Waals surface area contributed by atoms with Crippen molar-refractivity contribution in [3.05, 3.63) is 419 Å². The van der Waals surface area contributed by atoms with Gasteiger partial charge in [-0.3, -0.25) is 13.7 Å². The Labute approximate surface area is 789 Å². The molecular formula is C126H69N9O2S. The molecule has 0 radical (unpaired) electrons. The lowest BCUT2D eigenvalue weighted by molar-refractivity contribution is 0.669. The maximum Gasteiger partial charge on any atom is 0.165 e. The third kappa shape index (κ3) is 10.9. The van der Waals surface area contributed by atoms with Gasteiger partial charge in [-0.25, -0.2) is 29.9 Å². The number of hydrogen-bond acceptors (Lipinski definition) is 9. The van der Waals surface area contributed by atoms with Crippen molar-refractivity contribution in [3.63, 3.8) is 0 Å². The van der Waals surface area contributed by atoms with Crippen LogP contribution in [0.1, 0.15) is 0 Å². The fourth-order valence-electron chi connectivity index (χ4n) is 22.9. The Kier molecular flexibility index (Phi) is 15.6. The van der Waals surface area contributed by atoms with E-state index in [-0.39, 0.29) is 0 Å². The summed E-state index contributed by atoms with van der Waals surface area (Å²) in [6, 6.07) is 150. The normalized spacial score (nSPS) is 12.3. The van der Waals surface area contributed by atoms with Crippen molar-refractivity contribution in [1.82, 2.24) is 43.6 Å². The molecule has 33 rings (SSSR count). The first-order valence-electron chi connectivity index (χ1n) is 46.8. The third-order valence-corrected chi connectivity index (χ3v) is 30.3. The topological polar surface area (TPSA) is 118 Å². The van der Waals surface area contributed by atoms with Crippen LogP contribution in [0.3, 0.4) is 0 Å². The van der Waals surface area contributed by atoms with Gasteiger partial charge in [0.15, 0.2) is 17.5 Å². The van der Waals surface area contributed by atoms with Gasteiger partial charge in [-0.1, -0.05) is 291 Å². The van der Waals surface area contributed by atoms with Crippen molar-refractivity contribution in [2.75, 3.05) is 0 Å². The Bertz CT molecular complexity index is 10400. The number of para-hydroxylation sites is 9. The van der Waals surface area contributed by atoms with Crippen molar-refractivity contribution in [2.45, 2.75) is 0 Å². The van der Waals surface area contributed by atoms with Crippen molar-refractivity contribution in [3.8, 4) is 118 Å². The highest BCUT2D eigenvalue weighted by atomic mass is 32.1. The minimum absolute atomic E-state index is 0.861. The van der Waals surface area contributed by atoms with Crippen LogP contribution in [-0.2, 0) is 0 Å². The summed E-state index contributed by atoms with van der Waals surface area (Å²) >= 11 is 1.88. The van der Waals surface area contributed by atoms with Crippen molar-refractivity contribution >= 4 is 206 Å². The van der Waals surface area contributed by atoms with Gasteiger partial charge in [0.05, 0.1) is 66.2 Å². The SMILES string of the molecule is c1ccc2c(c1)-c1nc3ccccc3nc1-n1c3ccc(-c4ccc5c(c4)oc4c6ccccc6ccc54)cc3c3cccc-2c31.c1ccc2c(c1)-c1nc3ccccc3nc1-n1c3ccc(-c4ccc5c(c4)oc4cc6ccccc6cc45)cc3c3cccc-2c31.c1ccc2c(c1)-c1nc3ccccc3nc1-n1c3ccc(-c4ccc5c(c4)sc4ccc6ccccc6c45)cc3c3cccc-2c31. The molecule has 0 saturated carbocycles. The first-order valence-corrected chi connectivity index (χ1v) is 47.6. The molecule has 0 spiro atoms. The van der Waals surface area contributed by atoms with Crippen LogP contribution in [0, 0.1) is 0 Å². The second-order valence-corrected chi connectivity index (χ2v) is 37.6. The number of aromatic nitrogens is 9. The van der Waals surface area contributed by atoms with Gasteiger partial charge in [-0.2, -0.15) is 0 Å². The Hall–Kier alpha value is -18.4. The van der Waals surface area contributed by atoms with Gasteiger partial charge < -0.3 is 8.83 Å². The summed E-state index contributed by atoms with van der Waals surface area (Å²) in [5, 5.41) is 21.8. The molecule has 3 aliphatic rings. The molecule has 138 heavy (non-hydrogen) atoms. The predicted octanol–water partition coefficient (Wildman–Crippen LogP) is 33.8. The molecule has 0 bridgehead atoms. The molecule has 0 aliphatic carbocycles. The molecule has 30 aromatic rings. The Morgan fingerprint density at radius 1 is 0.188 bits per heavy atom. The fraction of sp³-hybridized carbons (Fsp3) is 0. The standard InChI is InChI=1S/2C42H23N3O.C42H23N3S/c1-2-9-27-24(8-1)16-20-33-29-19-17-26(23-38(29)46-41(27)33)25-18-21-37-34(22-25)32-13-7-12-31-28-10-3-4-11-30(28)39-42(45(37)40(31)32)44-36-15-6-5-14-35(36)43-39;1-2-9-25-22-39-34(21-24(25)8-1)29-18-16-27(23-38(29)46-39)26-17-19-37-33(20-26)32-13-7-12-31-28-10-3-4-11-30(28)40-42(45(37)41(31)32)44-36-15-6-5-14-35(36)43-40;1-2-9-27-24(8-1)18-21-37-39(27)32-19-16-26(23-38(32)46-37)25-17-20-36-33(22-25)31-13-7-12-30-28-10-3-4-11-29(28)40-42(45(36)41(30)31)44-35-15-6-5-14-34(35)43-40/h3*1-23H. The minimum atomic E-state index is 0.861. The van der Waals surface area contributed by atoms with E-state index >= 15 is 0 Å².